The van der Waals surface area contributed by atoms with Crippen LogP contribution in [0, 0.1) is 0 Å². The molecule has 2 heterocycles. The van der Waals surface area contributed by atoms with Gasteiger partial charge in [-0.3, -0.25) is 9.69 Å². The summed E-state index contributed by atoms with van der Waals surface area (Å²) >= 11 is 1.53. The molecular formula is C20H28N4OS. The van der Waals surface area contributed by atoms with Crippen LogP contribution < -0.4 is 0 Å². The second-order valence-electron chi connectivity index (χ2n) is 7.21. The minimum absolute atomic E-state index is 0.0165. The molecule has 3 rings (SSSR count). The number of thiazole rings is 1. The Morgan fingerprint density at radius 2 is 1.88 bits per heavy atom. The summed E-state index contributed by atoms with van der Waals surface area (Å²) < 4.78 is 0. The van der Waals surface area contributed by atoms with Crippen molar-refractivity contribution in [2.75, 3.05) is 40.8 Å². The molecule has 1 aliphatic heterocycles. The van der Waals surface area contributed by atoms with Crippen LogP contribution in [0.5, 0.6) is 0 Å². The predicted octanol–water partition coefficient (Wildman–Crippen LogP) is 3.11. The van der Waals surface area contributed by atoms with Crippen molar-refractivity contribution in [3.63, 3.8) is 0 Å². The first-order chi connectivity index (χ1) is 12.5. The number of carbonyl (C=O) groups is 1. The second-order valence-corrected chi connectivity index (χ2v) is 8.32. The van der Waals surface area contributed by atoms with Crippen LogP contribution in [0.3, 0.4) is 0 Å². The van der Waals surface area contributed by atoms with Crippen LogP contribution in [-0.4, -0.2) is 66.4 Å². The Bertz CT molecular complexity index is 710. The van der Waals surface area contributed by atoms with Gasteiger partial charge in [-0.1, -0.05) is 30.3 Å². The van der Waals surface area contributed by atoms with Gasteiger partial charge in [0.05, 0.1) is 18.8 Å². The molecule has 140 valence electrons. The lowest BCUT2D eigenvalue weighted by atomic mass is 10.1. The highest BCUT2D eigenvalue weighted by Gasteiger charge is 2.25. The molecule has 6 heteroatoms. The fourth-order valence-electron chi connectivity index (χ4n) is 3.40. The van der Waals surface area contributed by atoms with Crippen molar-refractivity contribution in [3.8, 4) is 0 Å². The van der Waals surface area contributed by atoms with Gasteiger partial charge in [-0.05, 0) is 45.6 Å². The number of amides is 1. The monoisotopic (exact) mass is 372 g/mol. The molecule has 1 aliphatic rings. The first kappa shape index (κ1) is 19.0. The lowest BCUT2D eigenvalue weighted by molar-refractivity contribution is 0.0710. The maximum atomic E-state index is 13.1. The Kier molecular flexibility index (Phi) is 6.40. The minimum atomic E-state index is 0.0165. The van der Waals surface area contributed by atoms with Gasteiger partial charge in [0, 0.05) is 13.6 Å². The second kappa shape index (κ2) is 8.75. The summed E-state index contributed by atoms with van der Waals surface area (Å²) in [4.78, 5) is 24.7. The van der Waals surface area contributed by atoms with Gasteiger partial charge >= 0.3 is 0 Å². The van der Waals surface area contributed by atoms with E-state index in [0.29, 0.717) is 0 Å². The number of likely N-dealkylation sites (tertiary alicyclic amines) is 1. The number of hydrogen-bond acceptors (Lipinski definition) is 5. The molecule has 1 aromatic heterocycles. The maximum absolute atomic E-state index is 13.1. The van der Waals surface area contributed by atoms with E-state index in [9.17, 15) is 4.79 Å². The Hall–Kier alpha value is -1.76. The van der Waals surface area contributed by atoms with E-state index in [4.69, 9.17) is 0 Å². The van der Waals surface area contributed by atoms with Crippen LogP contribution in [0.15, 0.2) is 36.5 Å². The molecule has 2 aromatic rings. The molecule has 0 saturated carbocycles. The van der Waals surface area contributed by atoms with Gasteiger partial charge in [-0.2, -0.15) is 0 Å². The first-order valence-corrected chi connectivity index (χ1v) is 10.00. The average molecular weight is 373 g/mol. The van der Waals surface area contributed by atoms with E-state index in [0.717, 1.165) is 41.6 Å². The fraction of sp³-hybridized carbons (Fsp3) is 0.500. The van der Waals surface area contributed by atoms with Crippen molar-refractivity contribution in [1.29, 1.82) is 0 Å². The number of likely N-dealkylation sites (N-methyl/N-ethyl adjacent to an activating group) is 2. The van der Waals surface area contributed by atoms with Gasteiger partial charge < -0.3 is 9.80 Å². The van der Waals surface area contributed by atoms with Crippen molar-refractivity contribution in [3.05, 3.63) is 52.0 Å². The van der Waals surface area contributed by atoms with E-state index in [1.54, 1.807) is 6.20 Å². The molecule has 0 aliphatic carbocycles. The van der Waals surface area contributed by atoms with Gasteiger partial charge in [-0.15, -0.1) is 11.3 Å². The predicted molar refractivity (Wildman–Crippen MR) is 106 cm³/mol. The highest BCUT2D eigenvalue weighted by Crippen LogP contribution is 2.25. The zero-order valence-electron chi connectivity index (χ0n) is 15.9. The molecule has 26 heavy (non-hydrogen) atoms. The number of aromatic nitrogens is 1. The molecule has 0 N–H and O–H groups in total. The van der Waals surface area contributed by atoms with Crippen LogP contribution in [0.25, 0.3) is 0 Å². The lowest BCUT2D eigenvalue weighted by Gasteiger charge is -2.30. The summed E-state index contributed by atoms with van der Waals surface area (Å²) in [6, 6.07) is 10.2. The van der Waals surface area contributed by atoms with E-state index >= 15 is 0 Å². The highest BCUT2D eigenvalue weighted by molar-refractivity contribution is 7.13. The molecule has 1 aromatic carbocycles. The zero-order chi connectivity index (χ0) is 18.5. The Balaban J connectivity index is 1.73. The molecule has 1 saturated heterocycles. The van der Waals surface area contributed by atoms with Gasteiger partial charge in [-0.25, -0.2) is 4.98 Å². The smallest absolute Gasteiger partial charge is 0.265 e. The molecule has 1 fully saturated rings. The number of nitrogens with zero attached hydrogens (tertiary/aromatic N) is 4. The number of hydrogen-bond donors (Lipinski definition) is 0. The third kappa shape index (κ3) is 4.69. The van der Waals surface area contributed by atoms with Crippen LogP contribution in [-0.2, 0) is 6.54 Å². The summed E-state index contributed by atoms with van der Waals surface area (Å²) in [6.07, 6.45) is 4.28. The summed E-state index contributed by atoms with van der Waals surface area (Å²) in [5.41, 5.74) is 1.15. The van der Waals surface area contributed by atoms with Crippen LogP contribution in [0.4, 0.5) is 0 Å². The third-order valence-electron chi connectivity index (χ3n) is 4.83. The topological polar surface area (TPSA) is 39.7 Å². The molecule has 1 amide bonds. The quantitative estimate of drug-likeness (QED) is 0.749. The summed E-state index contributed by atoms with van der Waals surface area (Å²) in [5, 5.41) is 1.03. The summed E-state index contributed by atoms with van der Waals surface area (Å²) in [6.45, 7) is 3.93. The Morgan fingerprint density at radius 3 is 2.54 bits per heavy atom. The third-order valence-corrected chi connectivity index (χ3v) is 5.80. The molecular weight excluding hydrogens is 344 g/mol. The number of rotatable bonds is 7. The first-order valence-electron chi connectivity index (χ1n) is 9.18. The Labute approximate surface area is 160 Å². The minimum Gasteiger partial charge on any atom is -0.333 e. The van der Waals surface area contributed by atoms with Gasteiger partial charge in [0.15, 0.2) is 0 Å². The molecule has 5 nitrogen and oxygen atoms in total. The number of carbonyl (C=O) groups excluding carboxylic acids is 1. The fourth-order valence-corrected chi connectivity index (χ4v) is 4.35. The Morgan fingerprint density at radius 1 is 1.19 bits per heavy atom. The SMILES string of the molecule is CN(C)C[C@@H](c1ccccc1)N(C)C(=O)c1cnc(CN2CCCC2)s1. The van der Waals surface area contributed by atoms with Crippen LogP contribution in [0.1, 0.15) is 39.1 Å². The van der Waals surface area contributed by atoms with Gasteiger partial charge in [0.1, 0.15) is 9.88 Å². The summed E-state index contributed by atoms with van der Waals surface area (Å²) in [5.74, 6) is 0.0471. The van der Waals surface area contributed by atoms with Crippen molar-refractivity contribution >= 4 is 17.2 Å². The van der Waals surface area contributed by atoms with Crippen LogP contribution >= 0.6 is 11.3 Å². The van der Waals surface area contributed by atoms with Crippen LogP contribution in [0.2, 0.25) is 0 Å². The number of benzene rings is 1. The van der Waals surface area contributed by atoms with Crippen molar-refractivity contribution in [1.82, 2.24) is 19.7 Å². The summed E-state index contributed by atoms with van der Waals surface area (Å²) in [7, 11) is 5.97. The largest absolute Gasteiger partial charge is 0.333 e. The molecule has 0 radical (unpaired) electrons. The molecule has 0 bridgehead atoms. The van der Waals surface area contributed by atoms with E-state index in [1.807, 2.05) is 44.2 Å². The van der Waals surface area contributed by atoms with Crippen molar-refractivity contribution in [2.24, 2.45) is 0 Å². The van der Waals surface area contributed by atoms with E-state index < -0.39 is 0 Å². The highest BCUT2D eigenvalue weighted by atomic mass is 32.1. The van der Waals surface area contributed by atoms with Gasteiger partial charge in [0.2, 0.25) is 0 Å². The normalized spacial score (nSPS) is 16.2. The lowest BCUT2D eigenvalue weighted by Crippen LogP contribution is -2.36. The zero-order valence-corrected chi connectivity index (χ0v) is 16.7. The maximum Gasteiger partial charge on any atom is 0.265 e. The van der Waals surface area contributed by atoms with E-state index in [1.165, 1.54) is 24.2 Å². The average Bonchev–Trinajstić information content (AvgIpc) is 3.31. The standard InChI is InChI=1S/C20H28N4OS/c1-22(2)14-17(16-9-5-4-6-10-16)23(3)20(25)18-13-21-19(26-18)15-24-11-7-8-12-24/h4-6,9-10,13,17H,7-8,11-12,14-15H2,1-3H3/t17-/m0/s1. The van der Waals surface area contributed by atoms with Crippen molar-refractivity contribution < 1.29 is 4.79 Å². The van der Waals surface area contributed by atoms with E-state index in [-0.39, 0.29) is 11.9 Å². The van der Waals surface area contributed by atoms with Gasteiger partial charge in [0.25, 0.3) is 5.91 Å². The molecule has 0 unspecified atom stereocenters. The van der Waals surface area contributed by atoms with E-state index in [2.05, 4.69) is 26.9 Å². The van der Waals surface area contributed by atoms with Crippen molar-refractivity contribution in [2.45, 2.75) is 25.4 Å². The molecule has 0 spiro atoms. The molecule has 1 atom stereocenters.